The van der Waals surface area contributed by atoms with Crippen molar-refractivity contribution in [3.63, 3.8) is 0 Å². The van der Waals surface area contributed by atoms with Crippen molar-refractivity contribution >= 4 is 0 Å². The molecule has 0 aliphatic carbocycles. The summed E-state index contributed by atoms with van der Waals surface area (Å²) in [7, 11) is 0. The molecule has 0 saturated carbocycles. The van der Waals surface area contributed by atoms with E-state index in [0.29, 0.717) is 0 Å². The molecule has 0 radical (unpaired) electrons. The summed E-state index contributed by atoms with van der Waals surface area (Å²) in [4.78, 5) is 0. The third-order valence-corrected chi connectivity index (χ3v) is 4.28. The number of rotatable bonds is 2. The molecule has 0 spiro atoms. The summed E-state index contributed by atoms with van der Waals surface area (Å²) >= 11 is 0. The van der Waals surface area contributed by atoms with Crippen LogP contribution >= 0.6 is 0 Å². The van der Waals surface area contributed by atoms with Gasteiger partial charge in [0, 0.05) is 16.7 Å². The summed E-state index contributed by atoms with van der Waals surface area (Å²) in [5.74, 6) is 0. The molecule has 1 N–H and O–H groups in total. The number of hydrogen-bond acceptors (Lipinski definition) is 4. The fourth-order valence-corrected chi connectivity index (χ4v) is 3.18. The largest absolute Gasteiger partial charge is 0.364 e. The lowest BCUT2D eigenvalue weighted by Crippen LogP contribution is -2.17. The molecule has 4 heteroatoms. The van der Waals surface area contributed by atoms with Gasteiger partial charge in [-0.15, -0.1) is 0 Å². The highest BCUT2D eigenvalue weighted by atomic mass is 16.8. The average molecular weight is 298 g/mol. The second-order valence-electron chi connectivity index (χ2n) is 6.13. The van der Waals surface area contributed by atoms with Gasteiger partial charge in [0.05, 0.1) is 5.60 Å². The Bertz CT molecular complexity index is 710. The van der Waals surface area contributed by atoms with Gasteiger partial charge in [0.15, 0.2) is 18.9 Å². The minimum Gasteiger partial charge on any atom is -0.364 e. The normalized spacial score (nSPS) is 28.4. The smallest absolute Gasteiger partial charge is 0.191 e. The van der Waals surface area contributed by atoms with Crippen molar-refractivity contribution in [3.8, 4) is 0 Å². The topological polar surface area (TPSA) is 47.9 Å². The summed E-state index contributed by atoms with van der Waals surface area (Å²) in [6.45, 7) is 4.04. The molecule has 0 aromatic heterocycles. The molecule has 0 amide bonds. The van der Waals surface area contributed by atoms with E-state index in [2.05, 4.69) is 6.07 Å². The van der Waals surface area contributed by atoms with Gasteiger partial charge in [0.1, 0.15) is 0 Å². The van der Waals surface area contributed by atoms with E-state index in [0.717, 1.165) is 22.3 Å². The molecule has 0 bridgehead atoms. The summed E-state index contributed by atoms with van der Waals surface area (Å²) < 4.78 is 17.6. The van der Waals surface area contributed by atoms with E-state index in [-0.39, 0.29) is 0 Å². The van der Waals surface area contributed by atoms with E-state index in [1.54, 1.807) is 0 Å². The van der Waals surface area contributed by atoms with Crippen molar-refractivity contribution < 1.29 is 19.3 Å². The molecule has 114 valence electrons. The Morgan fingerprint density at radius 1 is 0.909 bits per heavy atom. The highest BCUT2D eigenvalue weighted by Gasteiger charge is 2.41. The molecule has 0 fully saturated rings. The highest BCUT2D eigenvalue weighted by Crippen LogP contribution is 2.47. The van der Waals surface area contributed by atoms with Crippen LogP contribution in [0, 0.1) is 0 Å². The Morgan fingerprint density at radius 3 is 2.32 bits per heavy atom. The number of ether oxygens (including phenoxy) is 3. The van der Waals surface area contributed by atoms with Crippen LogP contribution in [-0.2, 0) is 19.8 Å². The third-order valence-electron chi connectivity index (χ3n) is 4.28. The average Bonchev–Trinajstić information content (AvgIpc) is 2.96. The first kappa shape index (κ1) is 13.9. The van der Waals surface area contributed by atoms with Crippen molar-refractivity contribution in [1.82, 2.24) is 0 Å². The molecule has 4 nitrogen and oxygen atoms in total. The number of aliphatic hydroxyl groups is 1. The predicted octanol–water partition coefficient (Wildman–Crippen LogP) is 3.69. The summed E-state index contributed by atoms with van der Waals surface area (Å²) in [6.07, 6.45) is -2.08. The lowest BCUT2D eigenvalue weighted by Gasteiger charge is -2.22. The van der Waals surface area contributed by atoms with Gasteiger partial charge in [-0.3, -0.25) is 0 Å². The highest BCUT2D eigenvalue weighted by molar-refractivity contribution is 5.37. The van der Waals surface area contributed by atoms with Crippen molar-refractivity contribution in [1.29, 1.82) is 0 Å². The summed E-state index contributed by atoms with van der Waals surface area (Å²) in [6, 6.07) is 15.6. The van der Waals surface area contributed by atoms with Crippen LogP contribution in [0.5, 0.6) is 0 Å². The van der Waals surface area contributed by atoms with E-state index < -0.39 is 24.5 Å². The van der Waals surface area contributed by atoms with Gasteiger partial charge in [0.2, 0.25) is 0 Å². The lowest BCUT2D eigenvalue weighted by atomic mass is 9.96. The summed E-state index contributed by atoms with van der Waals surface area (Å²) in [5.41, 5.74) is 3.32. The molecule has 2 heterocycles. The molecular formula is C18H18O4. The van der Waals surface area contributed by atoms with Crippen molar-refractivity contribution in [2.45, 2.75) is 38.3 Å². The zero-order chi connectivity index (χ0) is 15.3. The molecule has 2 aromatic rings. The Labute approximate surface area is 129 Å². The predicted molar refractivity (Wildman–Crippen MR) is 79.6 cm³/mol. The van der Waals surface area contributed by atoms with Gasteiger partial charge in [-0.2, -0.15) is 0 Å². The molecule has 4 rings (SSSR count). The minimum atomic E-state index is -0.953. The van der Waals surface area contributed by atoms with Crippen LogP contribution in [0.2, 0.25) is 0 Å². The first-order valence-corrected chi connectivity index (χ1v) is 7.41. The van der Waals surface area contributed by atoms with E-state index in [4.69, 9.17) is 14.2 Å². The van der Waals surface area contributed by atoms with E-state index >= 15 is 0 Å². The quantitative estimate of drug-likeness (QED) is 0.918. The van der Waals surface area contributed by atoms with Crippen LogP contribution in [0.3, 0.4) is 0 Å². The fraction of sp³-hybridized carbons (Fsp3) is 0.333. The second-order valence-corrected chi connectivity index (χ2v) is 6.13. The van der Waals surface area contributed by atoms with E-state index in [1.807, 2.05) is 56.3 Å². The zero-order valence-corrected chi connectivity index (χ0v) is 12.5. The molecule has 3 atom stereocenters. The maximum absolute atomic E-state index is 9.98. The van der Waals surface area contributed by atoms with Crippen LogP contribution < -0.4 is 0 Å². The Kier molecular flexibility index (Phi) is 3.09. The van der Waals surface area contributed by atoms with Crippen molar-refractivity contribution in [3.05, 3.63) is 70.8 Å². The van der Waals surface area contributed by atoms with Gasteiger partial charge >= 0.3 is 0 Å². The minimum absolute atomic E-state index is 0.405. The Hall–Kier alpha value is -1.72. The molecule has 2 aromatic carbocycles. The number of benzene rings is 2. The standard InChI is InChI=1S/C18H18O4/c1-18(2)14-10-6-5-9-13(14)17(22-18)21-16-12-8-4-3-7-11(12)15(19)20-16/h3-10,15-17,19H,1-2H3. The first-order chi connectivity index (χ1) is 10.6. The Balaban J connectivity index is 1.64. The third kappa shape index (κ3) is 2.08. The van der Waals surface area contributed by atoms with Crippen LogP contribution in [0.4, 0.5) is 0 Å². The van der Waals surface area contributed by atoms with Crippen molar-refractivity contribution in [2.24, 2.45) is 0 Å². The zero-order valence-electron chi connectivity index (χ0n) is 12.5. The van der Waals surface area contributed by atoms with Gasteiger partial charge < -0.3 is 19.3 Å². The fourth-order valence-electron chi connectivity index (χ4n) is 3.18. The maximum atomic E-state index is 9.98. The van der Waals surface area contributed by atoms with E-state index in [9.17, 15) is 5.11 Å². The molecule has 2 aliphatic rings. The summed E-state index contributed by atoms with van der Waals surface area (Å²) in [5, 5.41) is 9.98. The molecule has 3 unspecified atom stereocenters. The van der Waals surface area contributed by atoms with Gasteiger partial charge in [-0.05, 0) is 19.4 Å². The van der Waals surface area contributed by atoms with Gasteiger partial charge in [-0.1, -0.05) is 48.5 Å². The lowest BCUT2D eigenvalue weighted by molar-refractivity contribution is -0.294. The van der Waals surface area contributed by atoms with Crippen molar-refractivity contribution in [2.75, 3.05) is 0 Å². The molecular weight excluding hydrogens is 280 g/mol. The second kappa shape index (κ2) is 4.89. The van der Waals surface area contributed by atoms with Crippen LogP contribution in [0.15, 0.2) is 48.5 Å². The number of fused-ring (bicyclic) bond motifs is 2. The monoisotopic (exact) mass is 298 g/mol. The number of hydrogen-bond donors (Lipinski definition) is 1. The SMILES string of the molecule is CC1(C)OC(OC2OC(O)c3ccccc32)c2ccccc21. The molecule has 22 heavy (non-hydrogen) atoms. The first-order valence-electron chi connectivity index (χ1n) is 7.41. The Morgan fingerprint density at radius 2 is 1.55 bits per heavy atom. The maximum Gasteiger partial charge on any atom is 0.191 e. The molecule has 0 saturated heterocycles. The van der Waals surface area contributed by atoms with Crippen LogP contribution in [0.1, 0.15) is 55.0 Å². The van der Waals surface area contributed by atoms with Gasteiger partial charge in [-0.25, -0.2) is 0 Å². The van der Waals surface area contributed by atoms with Crippen LogP contribution in [-0.4, -0.2) is 5.11 Å². The molecule has 2 aliphatic heterocycles. The van der Waals surface area contributed by atoms with Crippen LogP contribution in [0.25, 0.3) is 0 Å². The number of aliphatic hydroxyl groups excluding tert-OH is 1. The van der Waals surface area contributed by atoms with E-state index in [1.165, 1.54) is 0 Å². The van der Waals surface area contributed by atoms with Gasteiger partial charge in [0.25, 0.3) is 0 Å².